The van der Waals surface area contributed by atoms with Crippen LogP contribution in [0.25, 0.3) is 12.2 Å². The van der Waals surface area contributed by atoms with E-state index in [9.17, 15) is 4.79 Å². The highest BCUT2D eigenvalue weighted by molar-refractivity contribution is 5.71. The minimum absolute atomic E-state index is 0.153. The largest absolute Gasteiger partial charge is 0.497 e. The zero-order valence-electron chi connectivity index (χ0n) is 13.2. The fraction of sp³-hybridized carbons (Fsp3) is 0.294. The summed E-state index contributed by atoms with van der Waals surface area (Å²) in [5.41, 5.74) is 1.35. The number of H-pyrrole nitrogens is 1. The molecule has 116 valence electrons. The Hall–Kier alpha value is -2.56. The van der Waals surface area contributed by atoms with Crippen molar-refractivity contribution in [3.8, 4) is 11.5 Å². The summed E-state index contributed by atoms with van der Waals surface area (Å²) in [6, 6.07) is 7.03. The van der Waals surface area contributed by atoms with Gasteiger partial charge < -0.3 is 14.5 Å². The quantitative estimate of drug-likeness (QED) is 0.921. The first kappa shape index (κ1) is 15.8. The number of methoxy groups -OCH3 is 2. The van der Waals surface area contributed by atoms with Gasteiger partial charge in [0.15, 0.2) is 0 Å². The molecule has 0 fully saturated rings. The van der Waals surface area contributed by atoms with Crippen LogP contribution in [0.2, 0.25) is 0 Å². The van der Waals surface area contributed by atoms with Crippen molar-refractivity contribution < 1.29 is 9.47 Å². The van der Waals surface area contributed by atoms with Crippen molar-refractivity contribution in [1.82, 2.24) is 9.97 Å². The van der Waals surface area contributed by atoms with Gasteiger partial charge in [-0.3, -0.25) is 4.79 Å². The highest BCUT2D eigenvalue weighted by Gasteiger charge is 2.05. The van der Waals surface area contributed by atoms with E-state index in [0.717, 1.165) is 11.3 Å². The number of ether oxygens (including phenoxy) is 2. The molecule has 5 nitrogen and oxygen atoms in total. The Kier molecular flexibility index (Phi) is 4.99. The zero-order valence-corrected chi connectivity index (χ0v) is 13.2. The van der Waals surface area contributed by atoms with Crippen LogP contribution in [0.4, 0.5) is 0 Å². The third-order valence-electron chi connectivity index (χ3n) is 3.20. The van der Waals surface area contributed by atoms with Gasteiger partial charge in [0, 0.05) is 23.6 Å². The number of hydrogen-bond acceptors (Lipinski definition) is 4. The Balaban J connectivity index is 2.34. The minimum Gasteiger partial charge on any atom is -0.497 e. The highest BCUT2D eigenvalue weighted by Crippen LogP contribution is 2.26. The van der Waals surface area contributed by atoms with E-state index in [1.807, 2.05) is 38.1 Å². The number of benzene rings is 1. The van der Waals surface area contributed by atoms with Crippen LogP contribution in [-0.2, 0) is 0 Å². The summed E-state index contributed by atoms with van der Waals surface area (Å²) in [5, 5.41) is 0. The predicted molar refractivity (Wildman–Crippen MR) is 87.4 cm³/mol. The fourth-order valence-electron chi connectivity index (χ4n) is 1.99. The van der Waals surface area contributed by atoms with Crippen molar-refractivity contribution in [3.63, 3.8) is 0 Å². The van der Waals surface area contributed by atoms with Crippen LogP contribution in [0, 0.1) is 0 Å². The summed E-state index contributed by atoms with van der Waals surface area (Å²) in [6.45, 7) is 3.97. The molecule has 0 aliphatic rings. The molecule has 0 saturated carbocycles. The topological polar surface area (TPSA) is 64.2 Å². The van der Waals surface area contributed by atoms with Crippen LogP contribution in [-0.4, -0.2) is 24.2 Å². The lowest BCUT2D eigenvalue weighted by Crippen LogP contribution is -2.12. The molecule has 0 atom stereocenters. The van der Waals surface area contributed by atoms with Gasteiger partial charge in [-0.2, -0.15) is 0 Å². The number of aromatic nitrogens is 2. The van der Waals surface area contributed by atoms with Crippen LogP contribution >= 0.6 is 0 Å². The molecular weight excluding hydrogens is 280 g/mol. The molecule has 0 aliphatic heterocycles. The Morgan fingerprint density at radius 3 is 2.55 bits per heavy atom. The number of rotatable bonds is 5. The molecule has 2 aromatic rings. The van der Waals surface area contributed by atoms with Gasteiger partial charge in [-0.15, -0.1) is 0 Å². The van der Waals surface area contributed by atoms with Gasteiger partial charge in [0.05, 0.1) is 19.9 Å². The second-order valence-corrected chi connectivity index (χ2v) is 5.15. The van der Waals surface area contributed by atoms with Gasteiger partial charge in [0.2, 0.25) is 0 Å². The van der Waals surface area contributed by atoms with Crippen LogP contribution in [0.1, 0.15) is 36.8 Å². The van der Waals surface area contributed by atoms with Gasteiger partial charge in [-0.25, -0.2) is 4.98 Å². The minimum atomic E-state index is -0.153. The van der Waals surface area contributed by atoms with E-state index in [0.29, 0.717) is 17.3 Å². The SMILES string of the molecule is COc1ccc(/C=C/c2cc(=O)[nH]c(C(C)C)n2)c(OC)c1. The maximum atomic E-state index is 11.7. The van der Waals surface area contributed by atoms with Gasteiger partial charge >= 0.3 is 0 Å². The number of nitrogens with zero attached hydrogens (tertiary/aromatic N) is 1. The van der Waals surface area contributed by atoms with E-state index in [4.69, 9.17) is 9.47 Å². The smallest absolute Gasteiger partial charge is 0.251 e. The van der Waals surface area contributed by atoms with Gasteiger partial charge in [0.1, 0.15) is 17.3 Å². The Bertz CT molecular complexity index is 733. The summed E-state index contributed by atoms with van der Waals surface area (Å²) in [7, 11) is 3.21. The molecule has 0 unspecified atom stereocenters. The first-order chi connectivity index (χ1) is 10.5. The van der Waals surface area contributed by atoms with E-state index < -0.39 is 0 Å². The summed E-state index contributed by atoms with van der Waals surface area (Å²) >= 11 is 0. The number of aromatic amines is 1. The van der Waals surface area contributed by atoms with Crippen LogP contribution in [0.5, 0.6) is 11.5 Å². The van der Waals surface area contributed by atoms with Crippen LogP contribution < -0.4 is 15.0 Å². The second-order valence-electron chi connectivity index (χ2n) is 5.15. The molecule has 1 heterocycles. The first-order valence-electron chi connectivity index (χ1n) is 7.05. The Labute approximate surface area is 129 Å². The van der Waals surface area contributed by atoms with Gasteiger partial charge in [-0.1, -0.05) is 13.8 Å². The lowest BCUT2D eigenvalue weighted by atomic mass is 10.1. The third-order valence-corrected chi connectivity index (χ3v) is 3.20. The summed E-state index contributed by atoms with van der Waals surface area (Å²) in [5.74, 6) is 2.26. The van der Waals surface area contributed by atoms with Gasteiger partial charge in [-0.05, 0) is 24.3 Å². The van der Waals surface area contributed by atoms with E-state index in [1.54, 1.807) is 20.3 Å². The maximum absolute atomic E-state index is 11.7. The normalized spacial score (nSPS) is 11.1. The summed E-state index contributed by atoms with van der Waals surface area (Å²) in [4.78, 5) is 18.8. The Morgan fingerprint density at radius 1 is 1.14 bits per heavy atom. The standard InChI is InChI=1S/C17H20N2O3/c1-11(2)17-18-13(9-16(20)19-17)7-5-12-6-8-14(21-3)10-15(12)22-4/h5-11H,1-4H3,(H,18,19,20)/b7-5+. The first-order valence-corrected chi connectivity index (χ1v) is 7.05. The fourth-order valence-corrected chi connectivity index (χ4v) is 1.99. The highest BCUT2D eigenvalue weighted by atomic mass is 16.5. The molecule has 0 saturated heterocycles. The molecule has 0 aliphatic carbocycles. The Morgan fingerprint density at radius 2 is 1.91 bits per heavy atom. The molecule has 1 aromatic carbocycles. The summed E-state index contributed by atoms with van der Waals surface area (Å²) < 4.78 is 10.5. The van der Waals surface area contributed by atoms with Crippen molar-refractivity contribution in [2.24, 2.45) is 0 Å². The lowest BCUT2D eigenvalue weighted by Gasteiger charge is -2.07. The van der Waals surface area contributed by atoms with Crippen molar-refractivity contribution in [3.05, 3.63) is 51.7 Å². The van der Waals surface area contributed by atoms with E-state index in [-0.39, 0.29) is 11.5 Å². The molecule has 0 spiro atoms. The van der Waals surface area contributed by atoms with Crippen molar-refractivity contribution in [1.29, 1.82) is 0 Å². The molecule has 1 N–H and O–H groups in total. The van der Waals surface area contributed by atoms with Crippen LogP contribution in [0.3, 0.4) is 0 Å². The number of hydrogen-bond donors (Lipinski definition) is 1. The molecule has 0 bridgehead atoms. The van der Waals surface area contributed by atoms with Crippen molar-refractivity contribution in [2.75, 3.05) is 14.2 Å². The number of nitrogens with one attached hydrogen (secondary N) is 1. The third kappa shape index (κ3) is 3.75. The van der Waals surface area contributed by atoms with E-state index in [1.165, 1.54) is 6.07 Å². The molecule has 2 rings (SSSR count). The second kappa shape index (κ2) is 6.93. The average molecular weight is 300 g/mol. The summed E-state index contributed by atoms with van der Waals surface area (Å²) in [6.07, 6.45) is 3.66. The molecule has 0 amide bonds. The van der Waals surface area contributed by atoms with Crippen molar-refractivity contribution >= 4 is 12.2 Å². The van der Waals surface area contributed by atoms with E-state index in [2.05, 4.69) is 9.97 Å². The molecule has 5 heteroatoms. The molecular formula is C17H20N2O3. The molecule has 0 radical (unpaired) electrons. The molecule has 22 heavy (non-hydrogen) atoms. The predicted octanol–water partition coefficient (Wildman–Crippen LogP) is 3.08. The zero-order chi connectivity index (χ0) is 16.1. The van der Waals surface area contributed by atoms with Crippen LogP contribution in [0.15, 0.2) is 29.1 Å². The average Bonchev–Trinajstić information content (AvgIpc) is 2.52. The van der Waals surface area contributed by atoms with Gasteiger partial charge in [0.25, 0.3) is 5.56 Å². The lowest BCUT2D eigenvalue weighted by molar-refractivity contribution is 0.394. The van der Waals surface area contributed by atoms with Crippen molar-refractivity contribution in [2.45, 2.75) is 19.8 Å². The monoisotopic (exact) mass is 300 g/mol. The van der Waals surface area contributed by atoms with E-state index >= 15 is 0 Å². The maximum Gasteiger partial charge on any atom is 0.251 e. The molecule has 1 aromatic heterocycles.